The van der Waals surface area contributed by atoms with Crippen LogP contribution in [0.3, 0.4) is 0 Å². The third-order valence-corrected chi connectivity index (χ3v) is 7.09. The average Bonchev–Trinajstić information content (AvgIpc) is 3.00. The molecule has 3 heterocycles. The van der Waals surface area contributed by atoms with Gasteiger partial charge < -0.3 is 0 Å². The maximum absolute atomic E-state index is 12.4. The van der Waals surface area contributed by atoms with E-state index >= 15 is 0 Å². The van der Waals surface area contributed by atoms with Gasteiger partial charge >= 0.3 is 0 Å². The lowest BCUT2D eigenvalue weighted by molar-refractivity contribution is 0.296. The van der Waals surface area contributed by atoms with E-state index in [9.17, 15) is 8.42 Å². The van der Waals surface area contributed by atoms with Gasteiger partial charge in [0.25, 0.3) is 10.2 Å². The summed E-state index contributed by atoms with van der Waals surface area (Å²) >= 11 is 1.54. The zero-order chi connectivity index (χ0) is 17.3. The van der Waals surface area contributed by atoms with Gasteiger partial charge in [0, 0.05) is 45.5 Å². The highest BCUT2D eigenvalue weighted by molar-refractivity contribution is 7.86. The molecule has 0 radical (unpaired) electrons. The van der Waals surface area contributed by atoms with Crippen LogP contribution < -0.4 is 0 Å². The standard InChI is InChI=1S/C15H21N5O2S2/c1-11-15(23-10-18-11)14-13(16-6-7-17-14)12-5-4-8-20(9-12)24(21,22)19(2)3/h6-7,10,12H,4-5,8-9H2,1-3H3/t12-/m1/s1. The predicted molar refractivity (Wildman–Crippen MR) is 94.0 cm³/mol. The molecule has 0 saturated carbocycles. The van der Waals surface area contributed by atoms with Crippen molar-refractivity contribution in [1.82, 2.24) is 23.6 Å². The first-order valence-corrected chi connectivity index (χ1v) is 10.1. The van der Waals surface area contributed by atoms with Crippen LogP contribution in [0.25, 0.3) is 10.6 Å². The zero-order valence-electron chi connectivity index (χ0n) is 14.0. The fourth-order valence-electron chi connectivity index (χ4n) is 2.96. The maximum Gasteiger partial charge on any atom is 0.281 e. The van der Waals surface area contributed by atoms with Gasteiger partial charge in [-0.2, -0.15) is 17.0 Å². The monoisotopic (exact) mass is 367 g/mol. The number of hydrogen-bond acceptors (Lipinski definition) is 6. The molecule has 1 fully saturated rings. The van der Waals surface area contributed by atoms with E-state index in [2.05, 4.69) is 15.0 Å². The summed E-state index contributed by atoms with van der Waals surface area (Å²) in [6, 6.07) is 0. The van der Waals surface area contributed by atoms with Crippen LogP contribution >= 0.6 is 11.3 Å². The summed E-state index contributed by atoms with van der Waals surface area (Å²) in [4.78, 5) is 14.4. The van der Waals surface area contributed by atoms with Crippen molar-refractivity contribution >= 4 is 21.5 Å². The number of thiazole rings is 1. The molecule has 24 heavy (non-hydrogen) atoms. The summed E-state index contributed by atoms with van der Waals surface area (Å²) in [5, 5.41) is 0. The normalized spacial score (nSPS) is 19.8. The van der Waals surface area contributed by atoms with E-state index in [1.165, 1.54) is 15.6 Å². The van der Waals surface area contributed by atoms with Crippen molar-refractivity contribution < 1.29 is 8.42 Å². The second-order valence-corrected chi connectivity index (χ2v) is 9.04. The minimum atomic E-state index is -3.41. The van der Waals surface area contributed by atoms with Crippen molar-refractivity contribution in [3.8, 4) is 10.6 Å². The molecular weight excluding hydrogens is 346 g/mol. The van der Waals surface area contributed by atoms with Crippen LogP contribution in [0.4, 0.5) is 0 Å². The first-order valence-electron chi connectivity index (χ1n) is 7.80. The maximum atomic E-state index is 12.4. The fraction of sp³-hybridized carbons (Fsp3) is 0.533. The summed E-state index contributed by atoms with van der Waals surface area (Å²) in [5.74, 6) is 0.0404. The molecule has 0 aromatic carbocycles. The minimum absolute atomic E-state index is 0.0404. The summed E-state index contributed by atoms with van der Waals surface area (Å²) < 4.78 is 27.7. The Labute approximate surface area is 146 Å². The Bertz CT molecular complexity index is 819. The Morgan fingerprint density at radius 2 is 2.00 bits per heavy atom. The Kier molecular flexibility index (Phi) is 4.95. The first-order chi connectivity index (χ1) is 11.4. The Balaban J connectivity index is 1.94. The molecule has 1 aliphatic heterocycles. The van der Waals surface area contributed by atoms with E-state index in [1.54, 1.807) is 36.3 Å². The summed E-state index contributed by atoms with van der Waals surface area (Å²) in [5.41, 5.74) is 4.41. The van der Waals surface area contributed by atoms with Crippen LogP contribution in [0, 0.1) is 6.92 Å². The molecule has 7 nitrogen and oxygen atoms in total. The van der Waals surface area contributed by atoms with E-state index in [-0.39, 0.29) is 5.92 Å². The Hall–Kier alpha value is -1.42. The number of aryl methyl sites for hydroxylation is 1. The van der Waals surface area contributed by atoms with Gasteiger partial charge in [-0.25, -0.2) is 4.98 Å². The highest BCUT2D eigenvalue weighted by Gasteiger charge is 2.33. The highest BCUT2D eigenvalue weighted by Crippen LogP contribution is 2.35. The minimum Gasteiger partial charge on any atom is -0.257 e. The SMILES string of the molecule is Cc1ncsc1-c1nccnc1[C@@H]1CCCN(S(=O)(=O)N(C)C)C1. The van der Waals surface area contributed by atoms with Crippen LogP contribution in [0.1, 0.15) is 30.1 Å². The molecule has 0 amide bonds. The van der Waals surface area contributed by atoms with Gasteiger partial charge in [-0.1, -0.05) is 0 Å². The van der Waals surface area contributed by atoms with Crippen LogP contribution in [0.15, 0.2) is 17.9 Å². The third kappa shape index (κ3) is 3.21. The molecule has 130 valence electrons. The van der Waals surface area contributed by atoms with Gasteiger partial charge in [-0.15, -0.1) is 11.3 Å². The fourth-order valence-corrected chi connectivity index (χ4v) is 4.96. The number of piperidine rings is 1. The second kappa shape index (κ2) is 6.83. The van der Waals surface area contributed by atoms with Gasteiger partial charge in [0.05, 0.1) is 21.8 Å². The van der Waals surface area contributed by atoms with E-state index < -0.39 is 10.2 Å². The summed E-state index contributed by atoms with van der Waals surface area (Å²) in [7, 11) is -0.281. The molecule has 0 unspecified atom stereocenters. The molecular formula is C15H21N5O2S2. The van der Waals surface area contributed by atoms with Crippen LogP contribution in [-0.2, 0) is 10.2 Å². The predicted octanol–water partition coefficient (Wildman–Crippen LogP) is 1.89. The van der Waals surface area contributed by atoms with E-state index in [4.69, 9.17) is 0 Å². The van der Waals surface area contributed by atoms with Gasteiger partial charge in [0.2, 0.25) is 0 Å². The molecule has 1 aliphatic rings. The second-order valence-electron chi connectivity index (χ2n) is 6.04. The smallest absolute Gasteiger partial charge is 0.257 e. The topological polar surface area (TPSA) is 79.3 Å². The molecule has 3 rings (SSSR count). The van der Waals surface area contributed by atoms with E-state index in [0.717, 1.165) is 34.8 Å². The van der Waals surface area contributed by atoms with Gasteiger partial charge in [0.1, 0.15) is 5.69 Å². The molecule has 0 spiro atoms. The molecule has 0 bridgehead atoms. The number of rotatable bonds is 4. The first kappa shape index (κ1) is 17.4. The van der Waals surface area contributed by atoms with Gasteiger partial charge in [0.15, 0.2) is 0 Å². The third-order valence-electron chi connectivity index (χ3n) is 4.25. The zero-order valence-corrected chi connectivity index (χ0v) is 15.6. The van der Waals surface area contributed by atoms with E-state index in [1.807, 2.05) is 6.92 Å². The molecule has 1 saturated heterocycles. The molecule has 2 aromatic heterocycles. The van der Waals surface area contributed by atoms with E-state index in [0.29, 0.717) is 13.1 Å². The largest absolute Gasteiger partial charge is 0.281 e. The molecule has 2 aromatic rings. The lowest BCUT2D eigenvalue weighted by atomic mass is 9.94. The Morgan fingerprint density at radius 3 is 2.67 bits per heavy atom. The van der Waals surface area contributed by atoms with Crippen LogP contribution in [-0.4, -0.2) is 59.2 Å². The summed E-state index contributed by atoms with van der Waals surface area (Å²) in [6.07, 6.45) is 5.07. The number of aromatic nitrogens is 3. The summed E-state index contributed by atoms with van der Waals surface area (Å²) in [6.45, 7) is 2.93. The lowest BCUT2D eigenvalue weighted by Gasteiger charge is -2.33. The van der Waals surface area contributed by atoms with Crippen molar-refractivity contribution in [2.24, 2.45) is 0 Å². The Morgan fingerprint density at radius 1 is 1.25 bits per heavy atom. The molecule has 0 N–H and O–H groups in total. The lowest BCUT2D eigenvalue weighted by Crippen LogP contribution is -2.45. The van der Waals surface area contributed by atoms with Crippen molar-refractivity contribution in [3.05, 3.63) is 29.3 Å². The van der Waals surface area contributed by atoms with Crippen LogP contribution in [0.2, 0.25) is 0 Å². The van der Waals surface area contributed by atoms with Crippen molar-refractivity contribution in [2.75, 3.05) is 27.2 Å². The van der Waals surface area contributed by atoms with Gasteiger partial charge in [-0.3, -0.25) is 9.97 Å². The average molecular weight is 368 g/mol. The molecule has 9 heteroatoms. The van der Waals surface area contributed by atoms with Crippen molar-refractivity contribution in [3.63, 3.8) is 0 Å². The highest BCUT2D eigenvalue weighted by atomic mass is 32.2. The quantitative estimate of drug-likeness (QED) is 0.824. The number of hydrogen-bond donors (Lipinski definition) is 0. The van der Waals surface area contributed by atoms with Crippen molar-refractivity contribution in [2.45, 2.75) is 25.7 Å². The molecule has 1 atom stereocenters. The van der Waals surface area contributed by atoms with Crippen LogP contribution in [0.5, 0.6) is 0 Å². The molecule has 0 aliphatic carbocycles. The van der Waals surface area contributed by atoms with Crippen molar-refractivity contribution in [1.29, 1.82) is 0 Å². The van der Waals surface area contributed by atoms with Gasteiger partial charge in [-0.05, 0) is 19.8 Å². The number of nitrogens with zero attached hydrogens (tertiary/aromatic N) is 5.